The number of nitrogens with zero attached hydrogens (tertiary/aromatic N) is 2. The molecule has 0 N–H and O–H groups in total. The van der Waals surface area contributed by atoms with E-state index in [2.05, 4.69) is 50.6 Å². The van der Waals surface area contributed by atoms with E-state index < -0.39 is 0 Å². The lowest BCUT2D eigenvalue weighted by molar-refractivity contribution is 1.57. The molecule has 29 heavy (non-hydrogen) atoms. The molecular formula is C26H14N2S. The molecule has 5 rings (SSSR count). The summed E-state index contributed by atoms with van der Waals surface area (Å²) in [6.07, 6.45) is 0. The zero-order valence-electron chi connectivity index (χ0n) is 15.4. The Balaban J connectivity index is 1.56. The lowest BCUT2D eigenvalue weighted by Crippen LogP contribution is -1.85. The third-order valence-electron chi connectivity index (χ3n) is 4.65. The van der Waals surface area contributed by atoms with Gasteiger partial charge in [0.15, 0.2) is 0 Å². The number of benzene rings is 4. The molecule has 0 radical (unpaired) electrons. The smallest absolute Gasteiger partial charge is 0.121 e. The Morgan fingerprint density at radius 2 is 1.14 bits per heavy atom. The van der Waals surface area contributed by atoms with Crippen LogP contribution in [-0.2, 0) is 0 Å². The molecule has 0 atom stereocenters. The number of rotatable bonds is 0. The topological polar surface area (TPSA) is 25.8 Å². The zero-order valence-corrected chi connectivity index (χ0v) is 16.2. The van der Waals surface area contributed by atoms with E-state index in [-0.39, 0.29) is 0 Å². The van der Waals surface area contributed by atoms with E-state index in [1.54, 1.807) is 0 Å². The largest absolute Gasteiger partial charge is 0.172 e. The quantitative estimate of drug-likeness (QED) is 0.322. The highest BCUT2D eigenvalue weighted by Gasteiger charge is 2.08. The first-order chi connectivity index (χ1) is 14.4. The summed E-state index contributed by atoms with van der Waals surface area (Å²) in [5.41, 5.74) is 5.34. The van der Waals surface area contributed by atoms with E-state index in [9.17, 15) is 0 Å². The van der Waals surface area contributed by atoms with Crippen molar-refractivity contribution in [3.8, 4) is 23.7 Å². The van der Waals surface area contributed by atoms with Gasteiger partial charge in [0.1, 0.15) is 11.0 Å². The first-order valence-corrected chi connectivity index (χ1v) is 9.94. The summed E-state index contributed by atoms with van der Waals surface area (Å²) in [5, 5.41) is 2.34. The summed E-state index contributed by atoms with van der Waals surface area (Å²) < 4.78 is 8.93. The second-order valence-corrected chi connectivity index (χ2v) is 7.04. The van der Waals surface area contributed by atoms with E-state index in [1.807, 2.05) is 66.7 Å². The van der Waals surface area contributed by atoms with Crippen LogP contribution in [0.5, 0.6) is 0 Å². The van der Waals surface area contributed by atoms with Crippen molar-refractivity contribution < 1.29 is 0 Å². The molecule has 0 aliphatic carbocycles. The van der Waals surface area contributed by atoms with Gasteiger partial charge in [-0.1, -0.05) is 78.3 Å². The van der Waals surface area contributed by atoms with Gasteiger partial charge in [-0.3, -0.25) is 0 Å². The SMILES string of the molecule is C(#Cc1ccc(C#Cc2cccc3ccccc23)c2nsnc12)c1ccccc1. The third kappa shape index (κ3) is 3.48. The van der Waals surface area contributed by atoms with E-state index in [0.29, 0.717) is 0 Å². The van der Waals surface area contributed by atoms with Crippen LogP contribution in [0.1, 0.15) is 22.3 Å². The highest BCUT2D eigenvalue weighted by atomic mass is 32.1. The molecule has 0 saturated carbocycles. The highest BCUT2D eigenvalue weighted by Crippen LogP contribution is 2.21. The molecule has 0 aliphatic rings. The molecule has 3 heteroatoms. The Morgan fingerprint density at radius 1 is 0.517 bits per heavy atom. The highest BCUT2D eigenvalue weighted by molar-refractivity contribution is 7.00. The predicted molar refractivity (Wildman–Crippen MR) is 120 cm³/mol. The Morgan fingerprint density at radius 3 is 1.93 bits per heavy atom. The Hall–Kier alpha value is -3.92. The van der Waals surface area contributed by atoms with Crippen LogP contribution in [-0.4, -0.2) is 8.75 Å². The molecule has 1 heterocycles. The van der Waals surface area contributed by atoms with Crippen molar-refractivity contribution in [1.82, 2.24) is 8.75 Å². The second kappa shape index (κ2) is 7.60. The second-order valence-electron chi connectivity index (χ2n) is 6.51. The van der Waals surface area contributed by atoms with Gasteiger partial charge in [-0.15, -0.1) is 0 Å². The first-order valence-electron chi connectivity index (χ1n) is 9.21. The van der Waals surface area contributed by atoms with Gasteiger partial charge in [0, 0.05) is 11.1 Å². The minimum Gasteiger partial charge on any atom is -0.172 e. The molecule has 4 aromatic carbocycles. The van der Waals surface area contributed by atoms with Crippen molar-refractivity contribution in [2.45, 2.75) is 0 Å². The molecule has 0 unspecified atom stereocenters. The molecule has 2 nitrogen and oxygen atoms in total. The van der Waals surface area contributed by atoms with Crippen LogP contribution < -0.4 is 0 Å². The summed E-state index contributed by atoms with van der Waals surface area (Å²) in [6, 6.07) is 28.4. The summed E-state index contributed by atoms with van der Waals surface area (Å²) in [4.78, 5) is 0. The van der Waals surface area contributed by atoms with Crippen LogP contribution in [0.2, 0.25) is 0 Å². The van der Waals surface area contributed by atoms with Gasteiger partial charge < -0.3 is 0 Å². The minimum absolute atomic E-state index is 0.808. The molecule has 0 aliphatic heterocycles. The number of hydrogen-bond donors (Lipinski definition) is 0. The monoisotopic (exact) mass is 386 g/mol. The van der Waals surface area contributed by atoms with Crippen molar-refractivity contribution in [3.63, 3.8) is 0 Å². The summed E-state index contributed by atoms with van der Waals surface area (Å²) >= 11 is 1.19. The van der Waals surface area contributed by atoms with Gasteiger partial charge in [-0.05, 0) is 41.1 Å². The number of aromatic nitrogens is 2. The lowest BCUT2D eigenvalue weighted by atomic mass is 10.0. The van der Waals surface area contributed by atoms with Crippen LogP contribution in [0.4, 0.5) is 0 Å². The van der Waals surface area contributed by atoms with Crippen LogP contribution in [0.15, 0.2) is 84.9 Å². The molecule has 134 valence electrons. The molecule has 0 saturated heterocycles. The van der Waals surface area contributed by atoms with Crippen molar-refractivity contribution in [2.75, 3.05) is 0 Å². The Bertz CT molecular complexity index is 1450. The lowest BCUT2D eigenvalue weighted by Gasteiger charge is -2.00. The maximum Gasteiger partial charge on any atom is 0.121 e. The molecular weight excluding hydrogens is 372 g/mol. The first kappa shape index (κ1) is 17.2. The van der Waals surface area contributed by atoms with Crippen LogP contribution in [0.3, 0.4) is 0 Å². The van der Waals surface area contributed by atoms with Crippen LogP contribution in [0, 0.1) is 23.7 Å². The van der Waals surface area contributed by atoms with Gasteiger partial charge >= 0.3 is 0 Å². The normalized spacial score (nSPS) is 10.2. The molecule has 0 fully saturated rings. The molecule has 0 amide bonds. The fourth-order valence-corrected chi connectivity index (χ4v) is 3.77. The van der Waals surface area contributed by atoms with Crippen molar-refractivity contribution in [2.24, 2.45) is 0 Å². The third-order valence-corrected chi connectivity index (χ3v) is 5.18. The number of fused-ring (bicyclic) bond motifs is 2. The summed E-state index contributed by atoms with van der Waals surface area (Å²) in [6.45, 7) is 0. The van der Waals surface area contributed by atoms with Crippen LogP contribution >= 0.6 is 11.7 Å². The summed E-state index contributed by atoms with van der Waals surface area (Å²) in [7, 11) is 0. The maximum atomic E-state index is 4.47. The molecule has 0 spiro atoms. The molecule has 5 aromatic rings. The average Bonchev–Trinajstić information content (AvgIpc) is 3.28. The van der Waals surface area contributed by atoms with Crippen molar-refractivity contribution in [1.29, 1.82) is 0 Å². The van der Waals surface area contributed by atoms with Crippen molar-refractivity contribution >= 4 is 33.5 Å². The van der Waals surface area contributed by atoms with E-state index in [1.165, 1.54) is 17.1 Å². The molecule has 1 aromatic heterocycles. The van der Waals surface area contributed by atoms with E-state index >= 15 is 0 Å². The average molecular weight is 386 g/mol. The van der Waals surface area contributed by atoms with E-state index in [4.69, 9.17) is 0 Å². The van der Waals surface area contributed by atoms with Gasteiger partial charge in [-0.25, -0.2) is 0 Å². The standard InChI is InChI=1S/C26H14N2S/c1-2-7-19(8-3-1)13-14-22-17-18-23(26-25(22)27-29-28-26)16-15-21-11-6-10-20-9-4-5-12-24(20)21/h1-12,17-18H. The fourth-order valence-electron chi connectivity index (χ4n) is 3.20. The minimum atomic E-state index is 0.808. The van der Waals surface area contributed by atoms with Gasteiger partial charge in [0.2, 0.25) is 0 Å². The predicted octanol–water partition coefficient (Wildman–Crippen LogP) is 5.64. The van der Waals surface area contributed by atoms with Gasteiger partial charge in [0.05, 0.1) is 22.9 Å². The Labute approximate surface area is 173 Å². The zero-order chi connectivity index (χ0) is 19.5. The van der Waals surface area contributed by atoms with Crippen molar-refractivity contribution in [3.05, 3.63) is 107 Å². The van der Waals surface area contributed by atoms with Gasteiger partial charge in [-0.2, -0.15) is 8.75 Å². The summed E-state index contributed by atoms with van der Waals surface area (Å²) in [5.74, 6) is 13.0. The van der Waals surface area contributed by atoms with Gasteiger partial charge in [0.25, 0.3) is 0 Å². The van der Waals surface area contributed by atoms with E-state index in [0.717, 1.165) is 38.7 Å². The fraction of sp³-hybridized carbons (Fsp3) is 0. The molecule has 0 bridgehead atoms. The Kier molecular flexibility index (Phi) is 4.51. The number of hydrogen-bond acceptors (Lipinski definition) is 3. The van der Waals surface area contributed by atoms with Crippen LogP contribution in [0.25, 0.3) is 21.8 Å². The maximum absolute atomic E-state index is 4.47.